The number of para-hydroxylation sites is 1. The summed E-state index contributed by atoms with van der Waals surface area (Å²) < 4.78 is 5.49. The maximum Gasteiger partial charge on any atom is 0.278 e. The predicted octanol–water partition coefficient (Wildman–Crippen LogP) is 5.21. The van der Waals surface area contributed by atoms with E-state index in [-0.39, 0.29) is 24.1 Å². The van der Waals surface area contributed by atoms with Crippen molar-refractivity contribution in [2.24, 2.45) is 0 Å². The Morgan fingerprint density at radius 2 is 1.50 bits per heavy atom. The Labute approximate surface area is 188 Å². The van der Waals surface area contributed by atoms with Crippen LogP contribution in [0.4, 0.5) is 5.69 Å². The molecule has 3 aromatic rings. The van der Waals surface area contributed by atoms with Crippen molar-refractivity contribution in [3.8, 4) is 5.75 Å². The maximum absolute atomic E-state index is 13.5. The summed E-state index contributed by atoms with van der Waals surface area (Å²) in [5.41, 5.74) is 4.00. The topological polar surface area (TPSA) is 58.6 Å². The van der Waals surface area contributed by atoms with Crippen molar-refractivity contribution >= 4 is 23.1 Å². The number of imide groups is 1. The zero-order valence-electron chi connectivity index (χ0n) is 18.5. The second-order valence-corrected chi connectivity index (χ2v) is 8.03. The van der Waals surface area contributed by atoms with E-state index in [1.165, 1.54) is 10.5 Å². The van der Waals surface area contributed by atoms with E-state index in [4.69, 9.17) is 4.74 Å². The van der Waals surface area contributed by atoms with Crippen LogP contribution in [0, 0.1) is 0 Å². The average Bonchev–Trinajstić information content (AvgIpc) is 3.04. The van der Waals surface area contributed by atoms with Crippen LogP contribution >= 0.6 is 0 Å². The molecule has 5 nitrogen and oxygen atoms in total. The number of hydrogen-bond donors (Lipinski definition) is 1. The second kappa shape index (κ2) is 9.10. The van der Waals surface area contributed by atoms with Crippen molar-refractivity contribution in [1.82, 2.24) is 4.90 Å². The number of hydrogen-bond acceptors (Lipinski definition) is 4. The first-order valence-corrected chi connectivity index (χ1v) is 10.6. The fraction of sp³-hybridized carbons (Fsp3) is 0.185. The summed E-state index contributed by atoms with van der Waals surface area (Å²) in [4.78, 5) is 28.2. The number of methoxy groups -OCH3 is 1. The summed E-state index contributed by atoms with van der Waals surface area (Å²) in [5, 5.41) is 3.21. The Kier molecular flexibility index (Phi) is 6.08. The summed E-state index contributed by atoms with van der Waals surface area (Å²) in [6.45, 7) is 4.46. The van der Waals surface area contributed by atoms with Gasteiger partial charge in [-0.3, -0.25) is 14.5 Å². The normalized spacial score (nSPS) is 13.8. The molecule has 1 heterocycles. The lowest BCUT2D eigenvalue weighted by atomic mass is 10.0. The molecule has 32 heavy (non-hydrogen) atoms. The van der Waals surface area contributed by atoms with Crippen LogP contribution in [0.25, 0.3) is 5.57 Å². The number of anilines is 1. The molecule has 5 heteroatoms. The molecule has 0 fully saturated rings. The highest BCUT2D eigenvalue weighted by molar-refractivity contribution is 6.36. The molecule has 0 radical (unpaired) electrons. The number of carbonyl (C=O) groups excluding carboxylic acids is 2. The molecule has 0 aromatic heterocycles. The second-order valence-electron chi connectivity index (χ2n) is 8.03. The van der Waals surface area contributed by atoms with Crippen molar-refractivity contribution in [3.63, 3.8) is 0 Å². The summed E-state index contributed by atoms with van der Waals surface area (Å²) >= 11 is 0. The van der Waals surface area contributed by atoms with Crippen LogP contribution in [0.15, 0.2) is 84.6 Å². The van der Waals surface area contributed by atoms with Gasteiger partial charge in [-0.15, -0.1) is 0 Å². The van der Waals surface area contributed by atoms with Crippen LogP contribution in [0.2, 0.25) is 0 Å². The number of amides is 2. The molecule has 0 saturated heterocycles. The minimum atomic E-state index is -0.354. The third-order valence-electron chi connectivity index (χ3n) is 5.57. The van der Waals surface area contributed by atoms with E-state index in [0.29, 0.717) is 22.8 Å². The van der Waals surface area contributed by atoms with E-state index in [0.717, 1.165) is 11.3 Å². The number of rotatable bonds is 7. The fourth-order valence-corrected chi connectivity index (χ4v) is 3.80. The SMILES string of the molecule is COc1ccccc1C1=C(Nc2ccc(C(C)C)cc2)C(=O)N(Cc2ccccc2)C1=O. The van der Waals surface area contributed by atoms with Crippen molar-refractivity contribution in [2.45, 2.75) is 26.3 Å². The third kappa shape index (κ3) is 4.14. The lowest BCUT2D eigenvalue weighted by molar-refractivity contribution is -0.137. The van der Waals surface area contributed by atoms with Crippen LogP contribution in [0.1, 0.15) is 36.5 Å². The van der Waals surface area contributed by atoms with Gasteiger partial charge in [0.25, 0.3) is 11.8 Å². The molecule has 0 saturated carbocycles. The van der Waals surface area contributed by atoms with Crippen molar-refractivity contribution in [3.05, 3.63) is 101 Å². The van der Waals surface area contributed by atoms with Crippen LogP contribution in [0.5, 0.6) is 5.75 Å². The minimum absolute atomic E-state index is 0.203. The van der Waals surface area contributed by atoms with Gasteiger partial charge < -0.3 is 10.1 Å². The molecule has 0 spiro atoms. The third-order valence-corrected chi connectivity index (χ3v) is 5.57. The molecule has 1 N–H and O–H groups in total. The van der Waals surface area contributed by atoms with E-state index in [1.54, 1.807) is 19.2 Å². The molecular formula is C27H26N2O3. The van der Waals surface area contributed by atoms with Gasteiger partial charge >= 0.3 is 0 Å². The molecule has 4 rings (SSSR count). The lowest BCUT2D eigenvalue weighted by Crippen LogP contribution is -2.32. The molecule has 0 aliphatic carbocycles. The molecule has 1 aliphatic rings. The quantitative estimate of drug-likeness (QED) is 0.527. The number of ether oxygens (including phenoxy) is 1. The van der Waals surface area contributed by atoms with Crippen molar-refractivity contribution in [1.29, 1.82) is 0 Å². The first-order chi connectivity index (χ1) is 15.5. The number of nitrogens with one attached hydrogen (secondary N) is 1. The number of carbonyl (C=O) groups is 2. The van der Waals surface area contributed by atoms with Gasteiger partial charge in [-0.1, -0.05) is 74.5 Å². The molecule has 0 bridgehead atoms. The molecule has 1 aliphatic heterocycles. The lowest BCUT2D eigenvalue weighted by Gasteiger charge is -2.15. The van der Waals surface area contributed by atoms with Crippen LogP contribution in [-0.4, -0.2) is 23.8 Å². The smallest absolute Gasteiger partial charge is 0.278 e. The van der Waals surface area contributed by atoms with E-state index < -0.39 is 0 Å². The van der Waals surface area contributed by atoms with E-state index in [2.05, 4.69) is 19.2 Å². The van der Waals surface area contributed by atoms with E-state index >= 15 is 0 Å². The largest absolute Gasteiger partial charge is 0.496 e. The highest BCUT2D eigenvalue weighted by Crippen LogP contribution is 2.36. The molecule has 0 atom stereocenters. The van der Waals surface area contributed by atoms with Gasteiger partial charge in [-0.05, 0) is 35.2 Å². The fourth-order valence-electron chi connectivity index (χ4n) is 3.80. The van der Waals surface area contributed by atoms with Crippen LogP contribution in [-0.2, 0) is 16.1 Å². The van der Waals surface area contributed by atoms with E-state index in [1.807, 2.05) is 66.7 Å². The maximum atomic E-state index is 13.5. The minimum Gasteiger partial charge on any atom is -0.496 e. The first kappa shape index (κ1) is 21.4. The molecular weight excluding hydrogens is 400 g/mol. The van der Waals surface area contributed by atoms with Crippen molar-refractivity contribution < 1.29 is 14.3 Å². The van der Waals surface area contributed by atoms with Gasteiger partial charge in [0.15, 0.2) is 0 Å². The van der Waals surface area contributed by atoms with Crippen LogP contribution in [0.3, 0.4) is 0 Å². The number of nitrogens with zero attached hydrogens (tertiary/aromatic N) is 1. The van der Waals surface area contributed by atoms with Gasteiger partial charge in [0.1, 0.15) is 11.4 Å². The Bertz CT molecular complexity index is 1170. The van der Waals surface area contributed by atoms with Crippen LogP contribution < -0.4 is 10.1 Å². The Balaban J connectivity index is 1.75. The first-order valence-electron chi connectivity index (χ1n) is 10.6. The predicted molar refractivity (Wildman–Crippen MR) is 126 cm³/mol. The van der Waals surface area contributed by atoms with Crippen molar-refractivity contribution in [2.75, 3.05) is 12.4 Å². The van der Waals surface area contributed by atoms with Gasteiger partial charge in [0, 0.05) is 11.3 Å². The molecule has 0 unspecified atom stereocenters. The zero-order chi connectivity index (χ0) is 22.7. The molecule has 3 aromatic carbocycles. The average molecular weight is 427 g/mol. The monoisotopic (exact) mass is 426 g/mol. The standard InChI is InChI=1S/C27H26N2O3/c1-18(2)20-13-15-21(16-14-20)28-25-24(22-11-7-8-12-23(22)32-3)26(30)29(27(25)31)17-19-9-5-4-6-10-19/h4-16,18,28H,17H2,1-3H3. The Morgan fingerprint density at radius 1 is 0.844 bits per heavy atom. The summed E-state index contributed by atoms with van der Waals surface area (Å²) in [6, 6.07) is 24.7. The highest BCUT2D eigenvalue weighted by atomic mass is 16.5. The Hall–Kier alpha value is -3.86. The zero-order valence-corrected chi connectivity index (χ0v) is 18.5. The van der Waals surface area contributed by atoms with Gasteiger partial charge in [0.2, 0.25) is 0 Å². The summed E-state index contributed by atoms with van der Waals surface area (Å²) in [5.74, 6) is 0.250. The summed E-state index contributed by atoms with van der Waals surface area (Å²) in [7, 11) is 1.56. The molecule has 162 valence electrons. The van der Waals surface area contributed by atoms with Gasteiger partial charge in [0.05, 0.1) is 19.2 Å². The Morgan fingerprint density at radius 3 is 2.16 bits per heavy atom. The summed E-state index contributed by atoms with van der Waals surface area (Å²) in [6.07, 6.45) is 0. The highest BCUT2D eigenvalue weighted by Gasteiger charge is 2.40. The number of benzene rings is 3. The van der Waals surface area contributed by atoms with Gasteiger partial charge in [-0.25, -0.2) is 0 Å². The van der Waals surface area contributed by atoms with Gasteiger partial charge in [-0.2, -0.15) is 0 Å². The molecule has 2 amide bonds. The van der Waals surface area contributed by atoms with E-state index in [9.17, 15) is 9.59 Å².